The van der Waals surface area contributed by atoms with Crippen LogP contribution in [0.1, 0.15) is 39.0 Å². The van der Waals surface area contributed by atoms with Crippen LogP contribution in [0.4, 0.5) is 0 Å². The number of methoxy groups -OCH3 is 2. The van der Waals surface area contributed by atoms with Crippen molar-refractivity contribution < 1.29 is 18.8 Å². The minimum atomic E-state index is -0.227. The van der Waals surface area contributed by atoms with Crippen LogP contribution in [0.15, 0.2) is 28.8 Å². The lowest BCUT2D eigenvalue weighted by Crippen LogP contribution is -2.29. The third-order valence-electron chi connectivity index (χ3n) is 4.62. The maximum absolute atomic E-state index is 12.9. The van der Waals surface area contributed by atoms with Crippen molar-refractivity contribution in [1.29, 1.82) is 0 Å². The lowest BCUT2D eigenvalue weighted by molar-refractivity contribution is 0.0734. The summed E-state index contributed by atoms with van der Waals surface area (Å²) in [5.74, 6) is 1.47. The maximum atomic E-state index is 12.9. The van der Waals surface area contributed by atoms with Gasteiger partial charge in [-0.05, 0) is 39.0 Å². The molecule has 1 unspecified atom stereocenters. The van der Waals surface area contributed by atoms with E-state index in [-0.39, 0.29) is 17.6 Å². The third kappa shape index (κ3) is 3.73. The van der Waals surface area contributed by atoms with Gasteiger partial charge in [0.1, 0.15) is 11.5 Å². The van der Waals surface area contributed by atoms with Gasteiger partial charge >= 0.3 is 0 Å². The molecule has 0 aliphatic rings. The summed E-state index contributed by atoms with van der Waals surface area (Å²) in [5.41, 5.74) is 1.84. The number of aryl methyl sites for hydroxylation is 2. The zero-order chi connectivity index (χ0) is 20.4. The van der Waals surface area contributed by atoms with Crippen molar-refractivity contribution in [1.82, 2.24) is 15.0 Å². The predicted molar refractivity (Wildman–Crippen MR) is 107 cm³/mol. The van der Waals surface area contributed by atoms with E-state index in [0.29, 0.717) is 22.8 Å². The van der Waals surface area contributed by atoms with Crippen LogP contribution in [0.5, 0.6) is 11.5 Å². The molecular formula is C20H23N3O4S. The molecule has 3 rings (SSSR count). The van der Waals surface area contributed by atoms with E-state index in [4.69, 9.17) is 14.0 Å². The molecule has 1 atom stereocenters. The van der Waals surface area contributed by atoms with Gasteiger partial charge in [0.15, 0.2) is 11.5 Å². The average Bonchev–Trinajstić information content (AvgIpc) is 3.32. The number of aromatic nitrogens is 2. The van der Waals surface area contributed by atoms with E-state index in [0.717, 1.165) is 15.6 Å². The van der Waals surface area contributed by atoms with Gasteiger partial charge in [-0.25, -0.2) is 4.98 Å². The van der Waals surface area contributed by atoms with Gasteiger partial charge in [0.05, 0.1) is 36.5 Å². The van der Waals surface area contributed by atoms with E-state index in [1.165, 1.54) is 0 Å². The smallest absolute Gasteiger partial charge is 0.276 e. The molecule has 0 fully saturated rings. The minimum absolute atomic E-state index is 0.120. The summed E-state index contributed by atoms with van der Waals surface area (Å²) in [5, 5.41) is 4.95. The number of amides is 1. The maximum Gasteiger partial charge on any atom is 0.276 e. The minimum Gasteiger partial charge on any atom is -0.497 e. The quantitative estimate of drug-likeness (QED) is 0.614. The first kappa shape index (κ1) is 19.9. The highest BCUT2D eigenvalue weighted by Gasteiger charge is 2.25. The molecule has 0 spiro atoms. The summed E-state index contributed by atoms with van der Waals surface area (Å²) < 4.78 is 16.1. The van der Waals surface area contributed by atoms with Gasteiger partial charge in [-0.2, -0.15) is 0 Å². The van der Waals surface area contributed by atoms with Gasteiger partial charge in [0.25, 0.3) is 5.91 Å². The van der Waals surface area contributed by atoms with E-state index < -0.39 is 0 Å². The Balaban J connectivity index is 1.87. The molecule has 0 radical (unpaired) electrons. The average molecular weight is 401 g/mol. The highest BCUT2D eigenvalue weighted by molar-refractivity contribution is 7.11. The Morgan fingerprint density at radius 1 is 1.21 bits per heavy atom. The van der Waals surface area contributed by atoms with Crippen LogP contribution >= 0.6 is 11.3 Å². The summed E-state index contributed by atoms with van der Waals surface area (Å²) in [6, 6.07) is 6.85. The van der Waals surface area contributed by atoms with Crippen molar-refractivity contribution >= 4 is 17.2 Å². The van der Waals surface area contributed by atoms with Crippen molar-refractivity contribution in [2.45, 2.75) is 26.8 Å². The fraction of sp³-hybridized carbons (Fsp3) is 0.350. The van der Waals surface area contributed by atoms with E-state index in [2.05, 4.69) is 10.1 Å². The number of carbonyl (C=O) groups excluding carboxylic acids is 1. The second-order valence-electron chi connectivity index (χ2n) is 6.42. The van der Waals surface area contributed by atoms with E-state index in [1.807, 2.05) is 20.8 Å². The van der Waals surface area contributed by atoms with Gasteiger partial charge in [-0.3, -0.25) is 4.79 Å². The SMILES string of the molecule is COc1ccc(OC)c(-c2cc(C(=O)N(C)C(C)c3sc(C)nc3C)no2)c1. The Morgan fingerprint density at radius 2 is 1.96 bits per heavy atom. The molecule has 3 aromatic rings. The van der Waals surface area contributed by atoms with Gasteiger partial charge in [-0.15, -0.1) is 11.3 Å². The normalized spacial score (nSPS) is 11.9. The second-order valence-corrected chi connectivity index (χ2v) is 7.65. The number of ether oxygens (including phenoxy) is 2. The Kier molecular flexibility index (Phi) is 5.69. The largest absolute Gasteiger partial charge is 0.497 e. The highest BCUT2D eigenvalue weighted by atomic mass is 32.1. The zero-order valence-corrected chi connectivity index (χ0v) is 17.6. The lowest BCUT2D eigenvalue weighted by atomic mass is 10.1. The van der Waals surface area contributed by atoms with Crippen molar-refractivity contribution in [2.75, 3.05) is 21.3 Å². The Hall–Kier alpha value is -2.87. The number of rotatable bonds is 6. The number of thiazole rings is 1. The van der Waals surface area contributed by atoms with Crippen LogP contribution in [0, 0.1) is 13.8 Å². The summed E-state index contributed by atoms with van der Waals surface area (Å²) in [7, 11) is 4.91. The third-order valence-corrected chi connectivity index (χ3v) is 5.86. The molecule has 7 nitrogen and oxygen atoms in total. The molecule has 0 bridgehead atoms. The first-order valence-corrected chi connectivity index (χ1v) is 9.57. The molecular weight excluding hydrogens is 378 g/mol. The van der Waals surface area contributed by atoms with E-state index in [9.17, 15) is 4.79 Å². The van der Waals surface area contributed by atoms with Gasteiger partial charge in [-0.1, -0.05) is 5.16 Å². The molecule has 0 saturated carbocycles. The zero-order valence-electron chi connectivity index (χ0n) is 16.8. The number of hydrogen-bond donors (Lipinski definition) is 0. The van der Waals surface area contributed by atoms with Crippen molar-refractivity contribution in [3.8, 4) is 22.8 Å². The fourth-order valence-corrected chi connectivity index (χ4v) is 4.00. The van der Waals surface area contributed by atoms with Crippen LogP contribution in [0.2, 0.25) is 0 Å². The van der Waals surface area contributed by atoms with Crippen LogP contribution in [-0.4, -0.2) is 42.2 Å². The standard InChI is InChI=1S/C20H23N3O4S/c1-11-19(28-13(3)21-11)12(2)23(4)20(24)16-10-18(27-22-16)15-9-14(25-5)7-8-17(15)26-6/h7-10,12H,1-6H3. The number of nitrogens with zero attached hydrogens (tertiary/aromatic N) is 3. The molecule has 0 aliphatic heterocycles. The molecule has 0 N–H and O–H groups in total. The van der Waals surface area contributed by atoms with Gasteiger partial charge in [0.2, 0.25) is 0 Å². The van der Waals surface area contributed by atoms with Crippen LogP contribution in [-0.2, 0) is 0 Å². The van der Waals surface area contributed by atoms with E-state index >= 15 is 0 Å². The Labute approximate surface area is 167 Å². The summed E-state index contributed by atoms with van der Waals surface area (Å²) in [4.78, 5) is 20.1. The van der Waals surface area contributed by atoms with Crippen LogP contribution < -0.4 is 9.47 Å². The Morgan fingerprint density at radius 3 is 2.57 bits per heavy atom. The number of carbonyl (C=O) groups is 1. The van der Waals surface area contributed by atoms with E-state index in [1.54, 1.807) is 61.8 Å². The second kappa shape index (κ2) is 8.02. The molecule has 8 heteroatoms. The summed E-state index contributed by atoms with van der Waals surface area (Å²) in [6.45, 7) is 5.89. The fourth-order valence-electron chi connectivity index (χ4n) is 2.98. The first-order valence-electron chi connectivity index (χ1n) is 8.76. The molecule has 2 aromatic heterocycles. The lowest BCUT2D eigenvalue weighted by Gasteiger charge is -2.23. The monoisotopic (exact) mass is 401 g/mol. The van der Waals surface area contributed by atoms with Crippen molar-refractivity contribution in [3.63, 3.8) is 0 Å². The molecule has 1 aromatic carbocycles. The summed E-state index contributed by atoms with van der Waals surface area (Å²) >= 11 is 1.60. The first-order chi connectivity index (χ1) is 13.3. The van der Waals surface area contributed by atoms with Gasteiger partial charge in [0, 0.05) is 18.0 Å². The summed E-state index contributed by atoms with van der Waals surface area (Å²) in [6.07, 6.45) is 0. The van der Waals surface area contributed by atoms with Crippen molar-refractivity contribution in [2.24, 2.45) is 0 Å². The molecule has 2 heterocycles. The highest BCUT2D eigenvalue weighted by Crippen LogP contribution is 2.34. The van der Waals surface area contributed by atoms with Gasteiger partial charge < -0.3 is 18.9 Å². The molecule has 0 aliphatic carbocycles. The van der Waals surface area contributed by atoms with Crippen LogP contribution in [0.3, 0.4) is 0 Å². The van der Waals surface area contributed by atoms with Crippen LogP contribution in [0.25, 0.3) is 11.3 Å². The molecule has 0 saturated heterocycles. The molecule has 148 valence electrons. The number of benzene rings is 1. The predicted octanol–water partition coefficient (Wildman–Crippen LogP) is 4.27. The molecule has 28 heavy (non-hydrogen) atoms. The molecule has 1 amide bonds. The topological polar surface area (TPSA) is 77.7 Å². The Bertz CT molecular complexity index is 995. The van der Waals surface area contributed by atoms with Crippen molar-refractivity contribution in [3.05, 3.63) is 45.5 Å². The number of hydrogen-bond acceptors (Lipinski definition) is 7.